The third-order valence-electron chi connectivity index (χ3n) is 3.24. The van der Waals surface area contributed by atoms with Crippen LogP contribution in [0.15, 0.2) is 0 Å². The number of rotatable bonds is 5. The molecule has 0 aromatic rings. The van der Waals surface area contributed by atoms with Crippen LogP contribution in [0.25, 0.3) is 0 Å². The number of ether oxygens (including phenoxy) is 1. The summed E-state index contributed by atoms with van der Waals surface area (Å²) >= 11 is 0. The Morgan fingerprint density at radius 1 is 1.53 bits per heavy atom. The average Bonchev–Trinajstić information content (AvgIpc) is 2.11. The van der Waals surface area contributed by atoms with E-state index in [-0.39, 0.29) is 18.1 Å². The van der Waals surface area contributed by atoms with Crippen LogP contribution in [-0.2, 0) is 9.53 Å². The third kappa shape index (κ3) is 3.18. The number of nitrogens with one attached hydrogen (secondary N) is 1. The second kappa shape index (κ2) is 4.94. The molecule has 0 spiro atoms. The summed E-state index contributed by atoms with van der Waals surface area (Å²) in [6, 6.07) is 0.304. The van der Waals surface area contributed by atoms with Crippen molar-refractivity contribution in [3.8, 4) is 0 Å². The predicted molar refractivity (Wildman–Crippen MR) is 59.7 cm³/mol. The number of amides is 1. The lowest BCUT2D eigenvalue weighted by Gasteiger charge is -2.49. The number of hydrogen-bond acceptors (Lipinski definition) is 3. The first-order chi connectivity index (χ1) is 6.99. The van der Waals surface area contributed by atoms with E-state index in [4.69, 9.17) is 4.74 Å². The Balaban J connectivity index is 2.23. The lowest BCUT2D eigenvalue weighted by atomic mass is 9.93. The van der Waals surface area contributed by atoms with Crippen LogP contribution in [0.3, 0.4) is 0 Å². The quantitative estimate of drug-likeness (QED) is 0.729. The Labute approximate surface area is 92.0 Å². The van der Waals surface area contributed by atoms with E-state index < -0.39 is 0 Å². The van der Waals surface area contributed by atoms with E-state index in [0.717, 1.165) is 19.5 Å². The van der Waals surface area contributed by atoms with Gasteiger partial charge in [-0.25, -0.2) is 0 Å². The van der Waals surface area contributed by atoms with Crippen LogP contribution in [0.2, 0.25) is 0 Å². The van der Waals surface area contributed by atoms with Crippen molar-refractivity contribution in [1.29, 1.82) is 0 Å². The number of likely N-dealkylation sites (tertiary alicyclic amines) is 1. The fourth-order valence-electron chi connectivity index (χ4n) is 1.69. The average molecular weight is 214 g/mol. The molecule has 1 fully saturated rings. The molecule has 1 N–H and O–H groups in total. The second-order valence-corrected chi connectivity index (χ2v) is 4.77. The Hall–Kier alpha value is -0.610. The highest BCUT2D eigenvalue weighted by Crippen LogP contribution is 2.24. The molecule has 0 unspecified atom stereocenters. The summed E-state index contributed by atoms with van der Waals surface area (Å²) in [6.45, 7) is 8.73. The molecule has 1 heterocycles. The number of hydrogen-bond donors (Lipinski definition) is 1. The lowest BCUT2D eigenvalue weighted by Crippen LogP contribution is -2.65. The van der Waals surface area contributed by atoms with E-state index >= 15 is 0 Å². The molecular weight excluding hydrogens is 192 g/mol. The van der Waals surface area contributed by atoms with Crippen molar-refractivity contribution in [2.75, 3.05) is 26.8 Å². The summed E-state index contributed by atoms with van der Waals surface area (Å²) < 4.78 is 4.76. The van der Waals surface area contributed by atoms with Gasteiger partial charge in [-0.2, -0.15) is 0 Å². The Morgan fingerprint density at radius 2 is 2.13 bits per heavy atom. The fraction of sp³-hybridized carbons (Fsp3) is 0.909. The van der Waals surface area contributed by atoms with E-state index in [1.165, 1.54) is 7.11 Å². The van der Waals surface area contributed by atoms with Crippen LogP contribution in [0.5, 0.6) is 0 Å². The molecule has 15 heavy (non-hydrogen) atoms. The van der Waals surface area contributed by atoms with Crippen molar-refractivity contribution in [1.82, 2.24) is 10.2 Å². The molecule has 88 valence electrons. The van der Waals surface area contributed by atoms with Gasteiger partial charge in [0, 0.05) is 25.7 Å². The molecule has 4 nitrogen and oxygen atoms in total. The topological polar surface area (TPSA) is 41.6 Å². The van der Waals surface area contributed by atoms with Crippen LogP contribution in [0.1, 0.15) is 27.2 Å². The van der Waals surface area contributed by atoms with Crippen molar-refractivity contribution < 1.29 is 9.53 Å². The molecule has 4 heteroatoms. The van der Waals surface area contributed by atoms with Crippen LogP contribution >= 0.6 is 0 Å². The fourth-order valence-corrected chi connectivity index (χ4v) is 1.69. The number of carbonyl (C=O) groups is 1. The van der Waals surface area contributed by atoms with Crippen LogP contribution in [-0.4, -0.2) is 49.2 Å². The van der Waals surface area contributed by atoms with E-state index in [0.29, 0.717) is 6.04 Å². The van der Waals surface area contributed by atoms with Crippen LogP contribution < -0.4 is 5.32 Å². The van der Waals surface area contributed by atoms with Gasteiger partial charge in [0.15, 0.2) is 0 Å². The molecule has 0 aromatic heterocycles. The van der Waals surface area contributed by atoms with Gasteiger partial charge in [0.05, 0.1) is 6.04 Å². The van der Waals surface area contributed by atoms with Crippen molar-refractivity contribution in [2.24, 2.45) is 0 Å². The summed E-state index contributed by atoms with van der Waals surface area (Å²) in [5.41, 5.74) is 0.252. The molecule has 0 atom stereocenters. The number of nitrogens with zero attached hydrogens (tertiary/aromatic N) is 1. The maximum absolute atomic E-state index is 11.2. The summed E-state index contributed by atoms with van der Waals surface area (Å²) in [6.07, 6.45) is 1.13. The molecule has 1 amide bonds. The van der Waals surface area contributed by atoms with E-state index in [1.807, 2.05) is 0 Å². The third-order valence-corrected chi connectivity index (χ3v) is 3.24. The van der Waals surface area contributed by atoms with Gasteiger partial charge >= 0.3 is 0 Å². The molecule has 0 radical (unpaired) electrons. The zero-order valence-electron chi connectivity index (χ0n) is 10.2. The molecule has 0 bridgehead atoms. The van der Waals surface area contributed by atoms with Gasteiger partial charge in [0.1, 0.15) is 6.61 Å². The molecule has 1 aliphatic rings. The monoisotopic (exact) mass is 214 g/mol. The minimum Gasteiger partial charge on any atom is -0.375 e. The van der Waals surface area contributed by atoms with Gasteiger partial charge < -0.3 is 10.1 Å². The Bertz CT molecular complexity index is 223. The van der Waals surface area contributed by atoms with Crippen molar-refractivity contribution in [3.05, 3.63) is 0 Å². The molecule has 1 rings (SSSR count). The van der Waals surface area contributed by atoms with Gasteiger partial charge in [-0.15, -0.1) is 0 Å². The minimum atomic E-state index is -0.0172. The summed E-state index contributed by atoms with van der Waals surface area (Å²) in [5, 5.41) is 2.94. The summed E-state index contributed by atoms with van der Waals surface area (Å²) in [5.74, 6) is -0.0172. The smallest absolute Gasteiger partial charge is 0.246 e. The normalized spacial score (nSPS) is 18.7. The lowest BCUT2D eigenvalue weighted by molar-refractivity contribution is -0.127. The standard InChI is InChI=1S/C11H22N2O2/c1-5-11(2,3)13-6-9(7-13)12-10(14)8-15-4/h9H,5-8H2,1-4H3,(H,12,14). The zero-order chi connectivity index (χ0) is 11.5. The van der Waals surface area contributed by atoms with Crippen molar-refractivity contribution in [2.45, 2.75) is 38.8 Å². The first kappa shape index (κ1) is 12.5. The van der Waals surface area contributed by atoms with Crippen LogP contribution in [0.4, 0.5) is 0 Å². The van der Waals surface area contributed by atoms with Crippen LogP contribution in [0, 0.1) is 0 Å². The first-order valence-corrected chi connectivity index (χ1v) is 5.53. The van der Waals surface area contributed by atoms with Gasteiger partial charge in [0.25, 0.3) is 0 Å². The minimum absolute atomic E-state index is 0.0172. The van der Waals surface area contributed by atoms with E-state index in [9.17, 15) is 4.79 Å². The molecule has 0 saturated carbocycles. The highest BCUT2D eigenvalue weighted by molar-refractivity contribution is 5.77. The van der Waals surface area contributed by atoms with E-state index in [1.54, 1.807) is 0 Å². The zero-order valence-corrected chi connectivity index (χ0v) is 10.2. The van der Waals surface area contributed by atoms with Gasteiger partial charge in [0.2, 0.25) is 5.91 Å². The maximum Gasteiger partial charge on any atom is 0.246 e. The maximum atomic E-state index is 11.2. The van der Waals surface area contributed by atoms with Crippen molar-refractivity contribution in [3.63, 3.8) is 0 Å². The number of methoxy groups -OCH3 is 1. The van der Waals surface area contributed by atoms with Gasteiger partial charge in [-0.3, -0.25) is 9.69 Å². The molecule has 0 aromatic carbocycles. The highest BCUT2D eigenvalue weighted by Gasteiger charge is 2.36. The Kier molecular flexibility index (Phi) is 4.11. The Morgan fingerprint density at radius 3 is 2.60 bits per heavy atom. The molecule has 0 aliphatic carbocycles. The molecule has 1 saturated heterocycles. The van der Waals surface area contributed by atoms with Gasteiger partial charge in [-0.05, 0) is 20.3 Å². The molecule has 1 aliphatic heterocycles. The van der Waals surface area contributed by atoms with Crippen molar-refractivity contribution >= 4 is 5.91 Å². The summed E-state index contributed by atoms with van der Waals surface area (Å²) in [7, 11) is 1.53. The summed E-state index contributed by atoms with van der Waals surface area (Å²) in [4.78, 5) is 13.6. The van der Waals surface area contributed by atoms with Gasteiger partial charge in [-0.1, -0.05) is 6.92 Å². The second-order valence-electron chi connectivity index (χ2n) is 4.77. The van der Waals surface area contributed by atoms with E-state index in [2.05, 4.69) is 31.0 Å². The largest absolute Gasteiger partial charge is 0.375 e. The molecular formula is C11H22N2O2. The predicted octanol–water partition coefficient (Wildman–Crippen LogP) is 0.622. The SMILES string of the molecule is CCC(C)(C)N1CC(NC(=O)COC)C1. The number of carbonyl (C=O) groups excluding carboxylic acids is 1. The highest BCUT2D eigenvalue weighted by atomic mass is 16.5. The first-order valence-electron chi connectivity index (χ1n) is 5.53.